The first-order valence-corrected chi connectivity index (χ1v) is 16.0. The summed E-state index contributed by atoms with van der Waals surface area (Å²) in [6, 6.07) is 0. The number of hydrogen-bond acceptors (Lipinski definition) is 8. The van der Waals surface area contributed by atoms with E-state index in [4.69, 9.17) is 9.84 Å². The number of aliphatic carboxylic acids is 1. The standard InChI is InChI=1S/C33H45NO9/c1-31-13-11-22(35)15-21(31)7-8-23-24-12-14-33(42,32(24,2)16-25(36)29(23)31)26(37)18-43-28(39)10-9-27(38)34-17-19-3-5-20(6-4-19)30(40)41/h15,19-20,23-24,29,42H,3-14,16-18H2,1-2H3,(H,34,38)(H,40,41)/t19?,20?,23?,24?,29?,31-,32-,33-/m0/s1. The molecular weight excluding hydrogens is 554 g/mol. The Bertz CT molecular complexity index is 1230. The molecule has 0 bridgehead atoms. The molecule has 4 fully saturated rings. The van der Waals surface area contributed by atoms with Crippen LogP contribution in [0.1, 0.15) is 97.3 Å². The molecular formula is C33H45NO9. The monoisotopic (exact) mass is 599 g/mol. The molecule has 1 amide bonds. The molecule has 10 nitrogen and oxygen atoms in total. The van der Waals surface area contributed by atoms with Crippen LogP contribution in [0.25, 0.3) is 0 Å². The highest BCUT2D eigenvalue weighted by atomic mass is 16.5. The van der Waals surface area contributed by atoms with E-state index in [-0.39, 0.29) is 78.2 Å². The summed E-state index contributed by atoms with van der Waals surface area (Å²) in [7, 11) is 0. The van der Waals surface area contributed by atoms with Crippen LogP contribution >= 0.6 is 0 Å². The van der Waals surface area contributed by atoms with Crippen LogP contribution in [0.2, 0.25) is 0 Å². The van der Waals surface area contributed by atoms with Crippen LogP contribution in [-0.2, 0) is 33.5 Å². The topological polar surface area (TPSA) is 164 Å². The minimum absolute atomic E-state index is 0.0247. The second kappa shape index (κ2) is 11.9. The number of ketones is 3. The van der Waals surface area contributed by atoms with E-state index in [2.05, 4.69) is 12.2 Å². The number of Topliss-reactive ketones (excluding diaryl/α,β-unsaturated/α-hetero) is 2. The number of carbonyl (C=O) groups is 6. The zero-order valence-electron chi connectivity index (χ0n) is 25.3. The number of aliphatic hydroxyl groups is 1. The third-order valence-corrected chi connectivity index (χ3v) is 12.0. The van der Waals surface area contributed by atoms with Gasteiger partial charge in [-0.05, 0) is 87.0 Å². The lowest BCUT2D eigenvalue weighted by atomic mass is 9.46. The number of hydrogen-bond donors (Lipinski definition) is 3. The van der Waals surface area contributed by atoms with Crippen LogP contribution in [0.5, 0.6) is 0 Å². The van der Waals surface area contributed by atoms with Gasteiger partial charge >= 0.3 is 11.9 Å². The molecule has 0 heterocycles. The molecule has 0 aromatic carbocycles. The van der Waals surface area contributed by atoms with Crippen molar-refractivity contribution in [2.45, 2.75) is 103 Å². The van der Waals surface area contributed by atoms with E-state index in [1.165, 1.54) is 0 Å². The smallest absolute Gasteiger partial charge is 0.306 e. The van der Waals surface area contributed by atoms with E-state index in [1.54, 1.807) is 6.08 Å². The van der Waals surface area contributed by atoms with E-state index in [0.717, 1.165) is 31.3 Å². The normalized spacial score (nSPS) is 38.7. The quantitative estimate of drug-likeness (QED) is 0.337. The van der Waals surface area contributed by atoms with E-state index in [1.807, 2.05) is 6.92 Å². The van der Waals surface area contributed by atoms with Crippen molar-refractivity contribution in [2.75, 3.05) is 13.2 Å². The zero-order chi connectivity index (χ0) is 31.2. The molecule has 5 aliphatic carbocycles. The fraction of sp³-hybridized carbons (Fsp3) is 0.758. The first-order valence-electron chi connectivity index (χ1n) is 16.0. The Balaban J connectivity index is 1.12. The maximum Gasteiger partial charge on any atom is 0.306 e. The van der Waals surface area contributed by atoms with Gasteiger partial charge in [0.05, 0.1) is 12.3 Å². The predicted molar refractivity (Wildman–Crippen MR) is 153 cm³/mol. The van der Waals surface area contributed by atoms with E-state index >= 15 is 0 Å². The number of amides is 1. The number of carbonyl (C=O) groups excluding carboxylic acids is 5. The van der Waals surface area contributed by atoms with Gasteiger partial charge in [0.2, 0.25) is 11.7 Å². The molecule has 236 valence electrons. The Labute approximate surface area is 252 Å². The Hall–Kier alpha value is -2.88. The summed E-state index contributed by atoms with van der Waals surface area (Å²) in [6.07, 6.45) is 7.54. The number of ether oxygens (including phenoxy) is 1. The SMILES string of the molecule is C[C@]12CCC(=O)C=C1CCC1C2C(=O)C[C@@]2(C)C1CC[C@]2(O)C(=O)COC(=O)CCC(=O)NCC1CCC(C(=O)O)CC1. The molecule has 43 heavy (non-hydrogen) atoms. The number of fused-ring (bicyclic) bond motifs is 5. The van der Waals surface area contributed by atoms with Crippen LogP contribution in [0.3, 0.4) is 0 Å². The molecule has 5 rings (SSSR count). The first kappa shape index (κ1) is 31.5. The number of nitrogens with one attached hydrogen (secondary N) is 1. The fourth-order valence-electron chi connectivity index (χ4n) is 9.36. The lowest BCUT2D eigenvalue weighted by molar-refractivity contribution is -0.173. The Morgan fingerprint density at radius 1 is 0.977 bits per heavy atom. The van der Waals surface area contributed by atoms with Crippen molar-refractivity contribution in [2.24, 2.45) is 40.4 Å². The molecule has 6 atom stereocenters. The van der Waals surface area contributed by atoms with Crippen molar-refractivity contribution >= 4 is 35.2 Å². The van der Waals surface area contributed by atoms with Crippen LogP contribution in [-0.4, -0.2) is 64.2 Å². The Morgan fingerprint density at radius 2 is 1.70 bits per heavy atom. The van der Waals surface area contributed by atoms with Gasteiger partial charge in [0, 0.05) is 37.1 Å². The Kier molecular flexibility index (Phi) is 8.73. The molecule has 0 aromatic rings. The van der Waals surface area contributed by atoms with Crippen LogP contribution in [0.15, 0.2) is 11.6 Å². The fourth-order valence-corrected chi connectivity index (χ4v) is 9.36. The number of rotatable bonds is 9. The van der Waals surface area contributed by atoms with Gasteiger partial charge in [0.1, 0.15) is 11.4 Å². The van der Waals surface area contributed by atoms with Gasteiger partial charge in [-0.2, -0.15) is 0 Å². The highest BCUT2D eigenvalue weighted by molar-refractivity contribution is 5.95. The summed E-state index contributed by atoms with van der Waals surface area (Å²) in [5, 5.41) is 23.7. The van der Waals surface area contributed by atoms with Gasteiger partial charge < -0.3 is 20.3 Å². The van der Waals surface area contributed by atoms with Gasteiger partial charge in [-0.25, -0.2) is 0 Å². The second-order valence-corrected chi connectivity index (χ2v) is 14.2. The van der Waals surface area contributed by atoms with Crippen molar-refractivity contribution in [3.05, 3.63) is 11.6 Å². The highest BCUT2D eigenvalue weighted by Crippen LogP contribution is 2.66. The molecule has 0 aromatic heterocycles. The molecule has 0 aliphatic heterocycles. The summed E-state index contributed by atoms with van der Waals surface area (Å²) in [6.45, 7) is 3.75. The predicted octanol–water partition coefficient (Wildman–Crippen LogP) is 3.33. The molecule has 3 N–H and O–H groups in total. The zero-order valence-corrected chi connectivity index (χ0v) is 25.3. The van der Waals surface area contributed by atoms with Crippen molar-refractivity contribution in [3.63, 3.8) is 0 Å². The first-order chi connectivity index (χ1) is 20.3. The largest absolute Gasteiger partial charge is 0.481 e. The van der Waals surface area contributed by atoms with Gasteiger partial charge in [0.25, 0.3) is 0 Å². The minimum atomic E-state index is -1.78. The van der Waals surface area contributed by atoms with Crippen molar-refractivity contribution in [1.29, 1.82) is 0 Å². The van der Waals surface area contributed by atoms with Gasteiger partial charge in [-0.15, -0.1) is 0 Å². The highest BCUT2D eigenvalue weighted by Gasteiger charge is 2.68. The van der Waals surface area contributed by atoms with Gasteiger partial charge in [-0.1, -0.05) is 19.4 Å². The van der Waals surface area contributed by atoms with Crippen LogP contribution in [0, 0.1) is 40.4 Å². The second-order valence-electron chi connectivity index (χ2n) is 14.2. The number of esters is 1. The molecule has 0 saturated heterocycles. The lowest BCUT2D eigenvalue weighted by Crippen LogP contribution is -2.61. The summed E-state index contributed by atoms with van der Waals surface area (Å²) in [4.78, 5) is 75.0. The van der Waals surface area contributed by atoms with Gasteiger partial charge in [0.15, 0.2) is 12.4 Å². The van der Waals surface area contributed by atoms with Crippen molar-refractivity contribution in [3.8, 4) is 0 Å². The Morgan fingerprint density at radius 3 is 2.40 bits per heavy atom. The van der Waals surface area contributed by atoms with E-state index in [0.29, 0.717) is 38.6 Å². The molecule has 5 aliphatic rings. The molecule has 10 heteroatoms. The van der Waals surface area contributed by atoms with Crippen LogP contribution < -0.4 is 5.32 Å². The molecule has 3 unspecified atom stereocenters. The number of carboxylic acids is 1. The molecule has 4 saturated carbocycles. The third-order valence-electron chi connectivity index (χ3n) is 12.0. The third kappa shape index (κ3) is 5.71. The summed E-state index contributed by atoms with van der Waals surface area (Å²) in [5.74, 6) is -2.58. The lowest BCUT2D eigenvalue weighted by Gasteiger charge is -2.57. The average molecular weight is 600 g/mol. The number of carboxylic acid groups (broad SMARTS) is 1. The van der Waals surface area contributed by atoms with Crippen molar-refractivity contribution in [1.82, 2.24) is 5.32 Å². The molecule has 0 radical (unpaired) electrons. The van der Waals surface area contributed by atoms with Gasteiger partial charge in [-0.3, -0.25) is 28.8 Å². The summed E-state index contributed by atoms with van der Waals surface area (Å²) >= 11 is 0. The maximum atomic E-state index is 13.8. The van der Waals surface area contributed by atoms with Crippen molar-refractivity contribution < 1.29 is 43.7 Å². The summed E-state index contributed by atoms with van der Waals surface area (Å²) in [5.41, 5.74) is -2.04. The number of allylic oxidation sites excluding steroid dienone is 1. The molecule has 0 spiro atoms. The van der Waals surface area contributed by atoms with E-state index < -0.39 is 35.3 Å². The minimum Gasteiger partial charge on any atom is -0.481 e. The average Bonchev–Trinajstić information content (AvgIpc) is 3.24. The summed E-state index contributed by atoms with van der Waals surface area (Å²) < 4.78 is 5.21. The maximum absolute atomic E-state index is 13.8. The van der Waals surface area contributed by atoms with E-state index in [9.17, 15) is 33.9 Å². The van der Waals surface area contributed by atoms with Crippen LogP contribution in [0.4, 0.5) is 0 Å².